The molecule has 5 aromatic rings. The zero-order chi connectivity index (χ0) is 54.5. The first-order valence-electron chi connectivity index (χ1n) is 21.9. The predicted octanol–water partition coefficient (Wildman–Crippen LogP) is -4.92. The molecule has 0 radical (unpaired) electrons. The summed E-state index contributed by atoms with van der Waals surface area (Å²) in [7, 11) is -12.6. The van der Waals surface area contributed by atoms with Crippen LogP contribution in [0.5, 0.6) is 0 Å². The van der Waals surface area contributed by atoms with Gasteiger partial charge in [0.15, 0.2) is 23.9 Å². The number of hydrogen-bond donors (Lipinski definition) is 9. The first-order chi connectivity index (χ1) is 35.3. The van der Waals surface area contributed by atoms with Crippen LogP contribution < -0.4 is 37.7 Å². The summed E-state index contributed by atoms with van der Waals surface area (Å²) in [5.74, 6) is -2.08. The lowest BCUT2D eigenvalue weighted by molar-refractivity contribution is -0.646. The van der Waals surface area contributed by atoms with Crippen molar-refractivity contribution in [3.63, 3.8) is 0 Å². The molecule has 39 heteroatoms. The van der Waals surface area contributed by atoms with Crippen molar-refractivity contribution in [2.45, 2.75) is 73.9 Å². The molecule has 3 fully saturated rings. The van der Waals surface area contributed by atoms with Crippen molar-refractivity contribution >= 4 is 63.5 Å². The van der Waals surface area contributed by atoms with Crippen molar-refractivity contribution in [2.24, 2.45) is 13.0 Å². The van der Waals surface area contributed by atoms with Gasteiger partial charge in [-0.1, -0.05) is 0 Å². The normalized spacial score (nSPS) is 29.4. The lowest BCUT2D eigenvalue weighted by Crippen LogP contribution is -2.39. The molecule has 36 nitrogen and oxygen atoms in total. The van der Waals surface area contributed by atoms with Crippen LogP contribution in [0.3, 0.4) is 0 Å². The molecule has 15 atom stereocenters. The van der Waals surface area contributed by atoms with Crippen LogP contribution in [0.1, 0.15) is 25.1 Å². The second kappa shape index (κ2) is 22.0. The Hall–Kier alpha value is -5.30. The summed E-state index contributed by atoms with van der Waals surface area (Å²) >= 11 is 0. The smallest absolute Gasteiger partial charge is 0.487 e. The molecule has 3 saturated heterocycles. The van der Waals surface area contributed by atoms with Gasteiger partial charge in [0.05, 0.1) is 39.3 Å². The second-order valence-electron chi connectivity index (χ2n) is 17.1. The number of imidazole rings is 2. The van der Waals surface area contributed by atoms with Gasteiger partial charge in [-0.15, -0.1) is 0 Å². The van der Waals surface area contributed by atoms with E-state index in [-0.39, 0.29) is 34.1 Å². The number of anilines is 2. The molecule has 0 aliphatic carbocycles. The number of aromatic nitrogens is 10. The Bertz CT molecular complexity index is 3240. The summed E-state index contributed by atoms with van der Waals surface area (Å²) in [4.78, 5) is 105. The number of H-pyrrole nitrogens is 2. The number of phosphoric ester groups is 2. The van der Waals surface area contributed by atoms with Crippen molar-refractivity contribution in [2.75, 3.05) is 59.3 Å². The van der Waals surface area contributed by atoms with E-state index in [0.29, 0.717) is 0 Å². The van der Waals surface area contributed by atoms with Crippen molar-refractivity contribution in [1.29, 1.82) is 0 Å². The highest BCUT2D eigenvalue weighted by Crippen LogP contribution is 2.67. The number of phosphoric acid groups is 3. The van der Waals surface area contributed by atoms with Crippen LogP contribution in [0.25, 0.3) is 22.3 Å². The summed E-state index contributed by atoms with van der Waals surface area (Å²) < 4.78 is 97.3. The number of rotatable bonds is 21. The van der Waals surface area contributed by atoms with Crippen molar-refractivity contribution in [1.82, 2.24) is 48.5 Å². The summed E-state index contributed by atoms with van der Waals surface area (Å²) in [6.45, 7) is -3.28. The fourth-order valence-corrected chi connectivity index (χ4v) is 12.0. The number of carbonyl (C=O) groups excluding carboxylic acids is 1. The minimum Gasteiger partial charge on any atom is -0.756 e. The maximum absolute atomic E-state index is 13.2. The van der Waals surface area contributed by atoms with Gasteiger partial charge in [-0.25, -0.2) is 37.8 Å². The van der Waals surface area contributed by atoms with E-state index in [1.165, 1.54) is 59.5 Å². The molecule has 0 saturated carbocycles. The van der Waals surface area contributed by atoms with Crippen LogP contribution in [0.15, 0.2) is 45.6 Å². The minimum absolute atomic E-state index is 0.00182. The molecule has 8 rings (SSSR count). The number of nitrogen functional groups attached to an aromatic ring is 2. The topological polar surface area (TPSA) is 493 Å². The first kappa shape index (κ1) is 55.9. The monoisotopic (exact) mass is 1130 g/mol. The van der Waals surface area contributed by atoms with Crippen LogP contribution in [0, 0.1) is 5.92 Å². The molecule has 1 amide bonds. The molecular weight excluding hydrogens is 1080 g/mol. The number of nitrogens with two attached hydrogens (primary N) is 2. The molecule has 0 bridgehead atoms. The van der Waals surface area contributed by atoms with Gasteiger partial charge in [-0.05, 0) is 0 Å². The number of nitrogens with one attached hydrogen (secondary N) is 2. The van der Waals surface area contributed by atoms with E-state index in [1.807, 2.05) is 4.98 Å². The van der Waals surface area contributed by atoms with Crippen molar-refractivity contribution in [3.8, 4) is 0 Å². The molecule has 11 N–H and O–H groups in total. The lowest BCUT2D eigenvalue weighted by Gasteiger charge is -2.27. The van der Waals surface area contributed by atoms with Crippen LogP contribution in [0.4, 0.5) is 11.8 Å². The average molecular weight is 1130 g/mol. The number of methoxy groups -OCH3 is 1. The highest BCUT2D eigenvalue weighted by Gasteiger charge is 2.52. The molecule has 3 aliphatic rings. The Balaban J connectivity index is 0.925. The van der Waals surface area contributed by atoms with E-state index in [1.54, 1.807) is 0 Å². The van der Waals surface area contributed by atoms with Gasteiger partial charge in [-0.2, -0.15) is 13.9 Å². The first-order valence-corrected chi connectivity index (χ1v) is 26.4. The Kier molecular flexibility index (Phi) is 16.4. The van der Waals surface area contributed by atoms with Gasteiger partial charge in [0.25, 0.3) is 24.5 Å². The van der Waals surface area contributed by atoms with E-state index in [0.717, 1.165) is 23.2 Å². The molecule has 75 heavy (non-hydrogen) atoms. The molecule has 5 unspecified atom stereocenters. The number of aliphatic hydroxyl groups is 3. The fraction of sp³-hybridized carbons (Fsp3) is 0.583. The molecule has 412 valence electrons. The second-order valence-corrected chi connectivity index (χ2v) is 21.7. The molecule has 3 aliphatic heterocycles. The van der Waals surface area contributed by atoms with Crippen LogP contribution in [-0.2, 0) is 71.6 Å². The maximum Gasteiger partial charge on any atom is 0.487 e. The van der Waals surface area contributed by atoms with E-state index < -0.39 is 153 Å². The minimum atomic E-state index is -6.19. The van der Waals surface area contributed by atoms with Crippen LogP contribution >= 0.6 is 23.5 Å². The van der Waals surface area contributed by atoms with Gasteiger partial charge in [-0.3, -0.25) is 42.6 Å². The van der Waals surface area contributed by atoms with Gasteiger partial charge in [0.1, 0.15) is 61.4 Å². The van der Waals surface area contributed by atoms with Crippen molar-refractivity contribution in [3.05, 3.63) is 62.4 Å². The van der Waals surface area contributed by atoms with Crippen LogP contribution in [0.2, 0.25) is 0 Å². The quantitative estimate of drug-likeness (QED) is 0.0144. The average Bonchev–Trinajstić information content (AvgIpc) is 4.12. The SMILES string of the molecule is CO[C@@H]1[C@H](OCOC[C@H]2O[C@@H](n3ccc(=O)[nH]c3=O)[C@H](O)[C@@H]2O)C(COP(=O)(O)OP(=O)(O)OP(=O)([O-])OC[C@H]2OC(n3c[n+](C)c4c(=O)[nH]c(N)nc43)[C@H](O)[C@@H]2CC(=O)N(C)C)O[C@H]1n1cnc2c(N)ncnc21. The third kappa shape index (κ3) is 12.0. The van der Waals surface area contributed by atoms with E-state index in [9.17, 15) is 62.9 Å². The Morgan fingerprint density at radius 2 is 1.55 bits per heavy atom. The Morgan fingerprint density at radius 1 is 0.853 bits per heavy atom. The van der Waals surface area contributed by atoms with E-state index in [4.69, 9.17) is 48.9 Å². The fourth-order valence-electron chi connectivity index (χ4n) is 8.52. The van der Waals surface area contributed by atoms with Gasteiger partial charge in [0, 0.05) is 45.8 Å². The number of aryl methyl sites for hydroxylation is 1. The molecule has 0 spiro atoms. The molecule has 0 aromatic carbocycles. The number of aromatic amines is 2. The van der Waals surface area contributed by atoms with Gasteiger partial charge in [0.2, 0.25) is 24.4 Å². The third-order valence-electron chi connectivity index (χ3n) is 12.0. The number of nitrogens with zero attached hydrogens (tertiary/aromatic N) is 9. The Morgan fingerprint density at radius 3 is 2.25 bits per heavy atom. The number of hydrogen-bond acceptors (Lipinski definition) is 27. The summed E-state index contributed by atoms with van der Waals surface area (Å²) in [6, 6.07) is 1.000. The Labute approximate surface area is 419 Å². The number of amides is 1. The van der Waals surface area contributed by atoms with Gasteiger partial charge >= 0.3 is 26.9 Å². The van der Waals surface area contributed by atoms with E-state index >= 15 is 0 Å². The maximum atomic E-state index is 13.2. The number of fused-ring (bicyclic) bond motifs is 2. The van der Waals surface area contributed by atoms with Gasteiger partial charge < -0.3 is 79.3 Å². The predicted molar refractivity (Wildman–Crippen MR) is 241 cm³/mol. The largest absolute Gasteiger partial charge is 0.756 e. The zero-order valence-corrected chi connectivity index (χ0v) is 42.1. The molecule has 8 heterocycles. The molecule has 5 aromatic heterocycles. The number of carbonyl (C=O) groups is 1. The zero-order valence-electron chi connectivity index (χ0n) is 39.5. The number of ether oxygens (including phenoxy) is 6. The molecular formula is C36H50N13O23P3. The van der Waals surface area contributed by atoms with E-state index in [2.05, 4.69) is 33.5 Å². The summed E-state index contributed by atoms with van der Waals surface area (Å²) in [5.41, 5.74) is 9.62. The summed E-state index contributed by atoms with van der Waals surface area (Å²) in [6.07, 6.45) is -11.5. The summed E-state index contributed by atoms with van der Waals surface area (Å²) in [5, 5.41) is 32.7. The lowest BCUT2D eigenvalue weighted by atomic mass is 9.94. The van der Waals surface area contributed by atoms with Crippen molar-refractivity contribution < 1.29 is 99.1 Å². The standard InChI is InChI=1S/C36H50N13O23P3/c1-45(2)20(51)7-15-16(68-32(23(15)52)49-13-46(3)22-30(49)43-35(38)44-31(22)55)9-66-73(57,58)71-75(61,62)72-74(59,60)67-10-18-26(27(63-4)34(70-18)48-12-41-21-28(37)39-11-40-29(21)48)65-14-64-8-17-24(53)25(54)33(69-17)47-6-5-19(50)42-36(47)56/h5-6,11-13,15-18,23-27,32-34,52-54H,7-10,14H2,1-4H3,(H8-,37,38,39,40,42,43,44,50,55,56,57,58,59,60,61,62)/t15-,16-,17-,18?,23-,24-,25-,26-,27-,32?,33-,34-/m1/s1. The highest BCUT2D eigenvalue weighted by atomic mass is 31.3. The third-order valence-corrected chi connectivity index (χ3v) is 16.2. The van der Waals surface area contributed by atoms with Crippen LogP contribution in [-0.4, -0.2) is 176 Å². The highest BCUT2D eigenvalue weighted by molar-refractivity contribution is 7.66. The number of aliphatic hydroxyl groups excluding tert-OH is 3.